The monoisotopic (exact) mass is 182 g/mol. The highest BCUT2D eigenvalue weighted by molar-refractivity contribution is 4.87. The van der Waals surface area contributed by atoms with E-state index < -0.39 is 0 Å². The van der Waals surface area contributed by atoms with Gasteiger partial charge in [-0.1, -0.05) is 13.3 Å². The number of hydrogen-bond donors (Lipinski definition) is 1. The molecular formula is C11H22N2. The van der Waals surface area contributed by atoms with E-state index in [1.165, 1.54) is 38.9 Å². The minimum absolute atomic E-state index is 0.696. The lowest BCUT2D eigenvalue weighted by atomic mass is 10.0. The Balaban J connectivity index is 1.91. The highest BCUT2D eigenvalue weighted by Gasteiger charge is 2.30. The van der Waals surface area contributed by atoms with E-state index in [2.05, 4.69) is 24.1 Å². The summed E-state index contributed by atoms with van der Waals surface area (Å²) in [5.41, 5.74) is 0. The Labute approximate surface area is 81.7 Å². The van der Waals surface area contributed by atoms with Crippen molar-refractivity contribution >= 4 is 0 Å². The number of rotatable bonds is 1. The molecule has 1 saturated carbocycles. The maximum Gasteiger partial charge on any atom is 0.0167 e. The Morgan fingerprint density at radius 2 is 2.08 bits per heavy atom. The second kappa shape index (κ2) is 3.97. The normalized spacial score (nSPS) is 42.5. The zero-order valence-corrected chi connectivity index (χ0v) is 8.92. The molecule has 1 heterocycles. The molecule has 1 N–H and O–H groups in total. The molecule has 0 amide bonds. The van der Waals surface area contributed by atoms with Gasteiger partial charge in [0.25, 0.3) is 0 Å². The van der Waals surface area contributed by atoms with Crippen molar-refractivity contribution in [3.63, 3.8) is 0 Å². The molecule has 0 radical (unpaired) electrons. The molecule has 2 rings (SSSR count). The molecule has 2 aliphatic rings. The molecule has 1 aliphatic heterocycles. The Bertz CT molecular complexity index is 169. The van der Waals surface area contributed by atoms with Crippen LogP contribution in [-0.4, -0.2) is 36.6 Å². The van der Waals surface area contributed by atoms with Crippen LogP contribution in [0, 0.1) is 5.92 Å². The van der Waals surface area contributed by atoms with Crippen molar-refractivity contribution in [1.29, 1.82) is 0 Å². The van der Waals surface area contributed by atoms with E-state index in [4.69, 9.17) is 0 Å². The molecule has 0 aromatic carbocycles. The second-order valence-corrected chi connectivity index (χ2v) is 4.83. The van der Waals surface area contributed by atoms with Crippen molar-refractivity contribution in [3.8, 4) is 0 Å². The molecule has 76 valence electrons. The van der Waals surface area contributed by atoms with Crippen molar-refractivity contribution in [2.45, 2.75) is 45.2 Å². The first-order valence-corrected chi connectivity index (χ1v) is 5.75. The molecular weight excluding hydrogens is 160 g/mol. The number of nitrogens with zero attached hydrogens (tertiary/aromatic N) is 1. The van der Waals surface area contributed by atoms with E-state index >= 15 is 0 Å². The molecule has 1 saturated heterocycles. The smallest absolute Gasteiger partial charge is 0.0167 e. The summed E-state index contributed by atoms with van der Waals surface area (Å²) in [6.45, 7) is 8.43. The second-order valence-electron chi connectivity index (χ2n) is 4.83. The van der Waals surface area contributed by atoms with E-state index in [0.717, 1.165) is 12.0 Å². The molecule has 0 bridgehead atoms. The van der Waals surface area contributed by atoms with Gasteiger partial charge < -0.3 is 5.32 Å². The van der Waals surface area contributed by atoms with Crippen LogP contribution >= 0.6 is 0 Å². The summed E-state index contributed by atoms with van der Waals surface area (Å²) in [7, 11) is 0. The van der Waals surface area contributed by atoms with Crippen LogP contribution in [0.25, 0.3) is 0 Å². The zero-order chi connectivity index (χ0) is 9.26. The van der Waals surface area contributed by atoms with Gasteiger partial charge >= 0.3 is 0 Å². The summed E-state index contributed by atoms with van der Waals surface area (Å²) in [6.07, 6.45) is 4.33. The highest BCUT2D eigenvalue weighted by atomic mass is 15.2. The first-order chi connectivity index (χ1) is 6.27. The Morgan fingerprint density at radius 3 is 2.69 bits per heavy atom. The molecule has 1 aliphatic carbocycles. The van der Waals surface area contributed by atoms with Gasteiger partial charge in [0.05, 0.1) is 0 Å². The average molecular weight is 182 g/mol. The van der Waals surface area contributed by atoms with Gasteiger partial charge in [-0.15, -0.1) is 0 Å². The summed E-state index contributed by atoms with van der Waals surface area (Å²) in [5, 5.41) is 3.51. The van der Waals surface area contributed by atoms with Crippen molar-refractivity contribution in [2.24, 2.45) is 5.92 Å². The summed E-state index contributed by atoms with van der Waals surface area (Å²) in [5.74, 6) is 0.935. The lowest BCUT2D eigenvalue weighted by Crippen LogP contribution is -2.53. The van der Waals surface area contributed by atoms with Gasteiger partial charge in [0.15, 0.2) is 0 Å². The minimum atomic E-state index is 0.696. The number of hydrogen-bond acceptors (Lipinski definition) is 2. The third kappa shape index (κ3) is 2.05. The van der Waals surface area contributed by atoms with E-state index in [-0.39, 0.29) is 0 Å². The predicted molar refractivity (Wildman–Crippen MR) is 55.8 cm³/mol. The minimum Gasteiger partial charge on any atom is -0.312 e. The van der Waals surface area contributed by atoms with Crippen molar-refractivity contribution in [2.75, 3.05) is 19.6 Å². The Morgan fingerprint density at radius 1 is 1.23 bits per heavy atom. The fourth-order valence-electron chi connectivity index (χ4n) is 2.93. The first kappa shape index (κ1) is 9.47. The van der Waals surface area contributed by atoms with Crippen LogP contribution in [-0.2, 0) is 0 Å². The molecule has 0 spiro atoms. The lowest BCUT2D eigenvalue weighted by molar-refractivity contribution is 0.126. The molecule has 0 aromatic heterocycles. The van der Waals surface area contributed by atoms with Crippen LogP contribution in [0.2, 0.25) is 0 Å². The van der Waals surface area contributed by atoms with Gasteiger partial charge in [-0.05, 0) is 25.7 Å². The predicted octanol–water partition coefficient (Wildman–Crippen LogP) is 1.47. The van der Waals surface area contributed by atoms with E-state index in [1.807, 2.05) is 0 Å². The number of piperazine rings is 1. The van der Waals surface area contributed by atoms with Crippen LogP contribution in [0.5, 0.6) is 0 Å². The average Bonchev–Trinajstić information content (AvgIpc) is 2.51. The van der Waals surface area contributed by atoms with Gasteiger partial charge in [0, 0.05) is 31.7 Å². The van der Waals surface area contributed by atoms with Gasteiger partial charge in [0.2, 0.25) is 0 Å². The maximum atomic E-state index is 3.51. The van der Waals surface area contributed by atoms with Gasteiger partial charge in [-0.25, -0.2) is 0 Å². The maximum absolute atomic E-state index is 3.51. The van der Waals surface area contributed by atoms with E-state index in [9.17, 15) is 0 Å². The summed E-state index contributed by atoms with van der Waals surface area (Å²) < 4.78 is 0. The summed E-state index contributed by atoms with van der Waals surface area (Å²) >= 11 is 0. The van der Waals surface area contributed by atoms with Crippen LogP contribution in [0.1, 0.15) is 33.1 Å². The van der Waals surface area contributed by atoms with E-state index in [0.29, 0.717) is 6.04 Å². The SMILES string of the molecule is CC1CN(C2CCCC2C)CCN1. The van der Waals surface area contributed by atoms with Gasteiger partial charge in [-0.3, -0.25) is 4.90 Å². The zero-order valence-electron chi connectivity index (χ0n) is 8.92. The van der Waals surface area contributed by atoms with Crippen LogP contribution in [0.4, 0.5) is 0 Å². The summed E-state index contributed by atoms with van der Waals surface area (Å²) in [4.78, 5) is 2.71. The molecule has 3 atom stereocenters. The van der Waals surface area contributed by atoms with Crippen molar-refractivity contribution in [3.05, 3.63) is 0 Å². The van der Waals surface area contributed by atoms with Gasteiger partial charge in [-0.2, -0.15) is 0 Å². The molecule has 2 heteroatoms. The van der Waals surface area contributed by atoms with E-state index in [1.54, 1.807) is 0 Å². The summed E-state index contributed by atoms with van der Waals surface area (Å²) in [6, 6.07) is 1.59. The fraction of sp³-hybridized carbons (Fsp3) is 1.00. The Hall–Kier alpha value is -0.0800. The standard InChI is InChI=1S/C11H22N2/c1-9-4-3-5-11(9)13-7-6-12-10(2)8-13/h9-12H,3-8H2,1-2H3. The molecule has 2 nitrogen and oxygen atoms in total. The van der Waals surface area contributed by atoms with Crippen LogP contribution in [0.15, 0.2) is 0 Å². The molecule has 2 fully saturated rings. The molecule has 13 heavy (non-hydrogen) atoms. The quantitative estimate of drug-likeness (QED) is 0.660. The van der Waals surface area contributed by atoms with Crippen molar-refractivity contribution < 1.29 is 0 Å². The highest BCUT2D eigenvalue weighted by Crippen LogP contribution is 2.29. The topological polar surface area (TPSA) is 15.3 Å². The largest absolute Gasteiger partial charge is 0.312 e. The van der Waals surface area contributed by atoms with Crippen LogP contribution in [0.3, 0.4) is 0 Å². The Kier molecular flexibility index (Phi) is 2.89. The number of nitrogens with one attached hydrogen (secondary N) is 1. The third-order valence-corrected chi connectivity index (χ3v) is 3.69. The lowest BCUT2D eigenvalue weighted by Gasteiger charge is -2.38. The van der Waals surface area contributed by atoms with Crippen molar-refractivity contribution in [1.82, 2.24) is 10.2 Å². The fourth-order valence-corrected chi connectivity index (χ4v) is 2.93. The first-order valence-electron chi connectivity index (χ1n) is 5.75. The molecule has 3 unspecified atom stereocenters. The van der Waals surface area contributed by atoms with Gasteiger partial charge in [0.1, 0.15) is 0 Å². The third-order valence-electron chi connectivity index (χ3n) is 3.69. The van der Waals surface area contributed by atoms with Crippen LogP contribution < -0.4 is 5.32 Å². The molecule has 0 aromatic rings.